The van der Waals surface area contributed by atoms with Crippen LogP contribution >= 0.6 is 0 Å². The van der Waals surface area contributed by atoms with Crippen LogP contribution in [0, 0.1) is 5.92 Å². The average Bonchev–Trinajstić information content (AvgIpc) is 3.24. The molecule has 1 aromatic carbocycles. The first-order valence-corrected chi connectivity index (χ1v) is 11.5. The molecule has 0 aromatic heterocycles. The fraction of sp³-hybridized carbons (Fsp3) is 0.650. The normalized spacial score (nSPS) is 21.0. The molecule has 8 heteroatoms. The fourth-order valence-electron chi connectivity index (χ4n) is 3.62. The Morgan fingerprint density at radius 3 is 2.46 bits per heavy atom. The maximum Gasteiger partial charge on any atom is 0.243 e. The summed E-state index contributed by atoms with van der Waals surface area (Å²) in [5.74, 6) is 0.577. The van der Waals surface area contributed by atoms with E-state index >= 15 is 0 Å². The van der Waals surface area contributed by atoms with E-state index in [2.05, 4.69) is 0 Å². The van der Waals surface area contributed by atoms with Crippen molar-refractivity contribution in [2.75, 3.05) is 52.6 Å². The third-order valence-corrected chi connectivity index (χ3v) is 7.31. The lowest BCUT2D eigenvalue weighted by Crippen LogP contribution is -2.40. The Morgan fingerprint density at radius 1 is 1.14 bits per heavy atom. The molecular weight excluding hydrogens is 380 g/mol. The van der Waals surface area contributed by atoms with Crippen LogP contribution in [-0.2, 0) is 30.7 Å². The van der Waals surface area contributed by atoms with Crippen molar-refractivity contribution in [2.24, 2.45) is 5.92 Å². The highest BCUT2D eigenvalue weighted by atomic mass is 32.2. The number of carbonyl (C=O) groups is 1. The highest BCUT2D eigenvalue weighted by Gasteiger charge is 2.26. The molecule has 156 valence electrons. The second-order valence-corrected chi connectivity index (χ2v) is 9.26. The fourth-order valence-corrected chi connectivity index (χ4v) is 5.03. The standard InChI is InChI=1S/C20H30N2O5S/c1-2-21(15-18-9-12-27-16-18)20(23)8-5-17-3-6-19(7-4-17)28(24,25)22-10-13-26-14-11-22/h3-4,6-7,18H,2,5,8-16H2,1H3. The molecule has 2 saturated heterocycles. The number of amides is 1. The van der Waals surface area contributed by atoms with Gasteiger partial charge < -0.3 is 14.4 Å². The van der Waals surface area contributed by atoms with Crippen LogP contribution in [0.1, 0.15) is 25.3 Å². The summed E-state index contributed by atoms with van der Waals surface area (Å²) in [5.41, 5.74) is 0.967. The van der Waals surface area contributed by atoms with Crippen molar-refractivity contribution in [3.63, 3.8) is 0 Å². The first kappa shape index (κ1) is 21.2. The molecule has 2 aliphatic heterocycles. The summed E-state index contributed by atoms with van der Waals surface area (Å²) in [6, 6.07) is 6.89. The van der Waals surface area contributed by atoms with Gasteiger partial charge in [-0.15, -0.1) is 0 Å². The van der Waals surface area contributed by atoms with Crippen LogP contribution < -0.4 is 0 Å². The van der Waals surface area contributed by atoms with Gasteiger partial charge in [-0.05, 0) is 37.5 Å². The van der Waals surface area contributed by atoms with Gasteiger partial charge in [0.25, 0.3) is 0 Å². The van der Waals surface area contributed by atoms with Crippen LogP contribution in [0.25, 0.3) is 0 Å². The minimum Gasteiger partial charge on any atom is -0.381 e. The molecule has 1 atom stereocenters. The van der Waals surface area contributed by atoms with E-state index in [9.17, 15) is 13.2 Å². The quantitative estimate of drug-likeness (QED) is 0.650. The molecule has 3 rings (SSSR count). The molecule has 0 N–H and O–H groups in total. The Kier molecular flexibility index (Phi) is 7.45. The zero-order valence-electron chi connectivity index (χ0n) is 16.5. The Balaban J connectivity index is 1.54. The number of aryl methyl sites for hydroxylation is 1. The number of hydrogen-bond acceptors (Lipinski definition) is 5. The molecule has 2 fully saturated rings. The molecule has 1 amide bonds. The van der Waals surface area contributed by atoms with Crippen molar-refractivity contribution in [3.8, 4) is 0 Å². The van der Waals surface area contributed by atoms with Crippen molar-refractivity contribution >= 4 is 15.9 Å². The van der Waals surface area contributed by atoms with E-state index in [1.165, 1.54) is 4.31 Å². The molecule has 7 nitrogen and oxygen atoms in total. The number of benzene rings is 1. The third-order valence-electron chi connectivity index (χ3n) is 5.40. The molecule has 1 aromatic rings. The summed E-state index contributed by atoms with van der Waals surface area (Å²) in [6.45, 7) is 6.62. The second-order valence-electron chi connectivity index (χ2n) is 7.32. The SMILES string of the molecule is CCN(CC1CCOC1)C(=O)CCc1ccc(S(=O)(=O)N2CCOCC2)cc1. The zero-order chi connectivity index (χ0) is 20.0. The molecule has 28 heavy (non-hydrogen) atoms. The number of hydrogen-bond donors (Lipinski definition) is 0. The van der Waals surface area contributed by atoms with Gasteiger partial charge >= 0.3 is 0 Å². The van der Waals surface area contributed by atoms with Crippen LogP contribution in [0.5, 0.6) is 0 Å². The summed E-state index contributed by atoms with van der Waals surface area (Å²) in [5, 5.41) is 0. The topological polar surface area (TPSA) is 76.2 Å². The van der Waals surface area contributed by atoms with Gasteiger partial charge in [-0.25, -0.2) is 8.42 Å². The number of carbonyl (C=O) groups excluding carboxylic acids is 1. The summed E-state index contributed by atoms with van der Waals surface area (Å²) in [4.78, 5) is 14.7. The molecule has 0 aliphatic carbocycles. The van der Waals surface area contributed by atoms with Crippen LogP contribution in [0.3, 0.4) is 0 Å². The van der Waals surface area contributed by atoms with Gasteiger partial charge in [-0.3, -0.25) is 4.79 Å². The van der Waals surface area contributed by atoms with Crippen LogP contribution in [0.2, 0.25) is 0 Å². The molecule has 0 radical (unpaired) electrons. The Bertz CT molecular complexity index is 738. The lowest BCUT2D eigenvalue weighted by molar-refractivity contribution is -0.131. The number of sulfonamides is 1. The lowest BCUT2D eigenvalue weighted by Gasteiger charge is -2.26. The van der Waals surface area contributed by atoms with E-state index in [1.807, 2.05) is 24.0 Å². The molecular formula is C20H30N2O5S. The number of morpholine rings is 1. The van der Waals surface area contributed by atoms with Crippen molar-refractivity contribution < 1.29 is 22.7 Å². The number of rotatable bonds is 8. The molecule has 0 spiro atoms. The van der Waals surface area contributed by atoms with Gasteiger partial charge in [-0.2, -0.15) is 4.31 Å². The first-order valence-electron chi connectivity index (χ1n) is 10.0. The monoisotopic (exact) mass is 410 g/mol. The summed E-state index contributed by atoms with van der Waals surface area (Å²) in [7, 11) is -3.47. The van der Waals surface area contributed by atoms with E-state index in [-0.39, 0.29) is 5.91 Å². The molecule has 0 bridgehead atoms. The Labute approximate surface area is 167 Å². The van der Waals surface area contributed by atoms with Gasteiger partial charge in [0.05, 0.1) is 24.7 Å². The third kappa shape index (κ3) is 5.31. The molecule has 0 saturated carbocycles. The van der Waals surface area contributed by atoms with Crippen molar-refractivity contribution in [1.82, 2.24) is 9.21 Å². The minimum atomic E-state index is -3.47. The zero-order valence-corrected chi connectivity index (χ0v) is 17.3. The van der Waals surface area contributed by atoms with Gasteiger partial charge in [-0.1, -0.05) is 12.1 Å². The van der Waals surface area contributed by atoms with Gasteiger partial charge in [0.15, 0.2) is 0 Å². The van der Waals surface area contributed by atoms with Gasteiger partial charge in [0, 0.05) is 45.1 Å². The van der Waals surface area contributed by atoms with Crippen LogP contribution in [0.4, 0.5) is 0 Å². The number of ether oxygens (including phenoxy) is 2. The molecule has 1 unspecified atom stereocenters. The van der Waals surface area contributed by atoms with Crippen LogP contribution in [0.15, 0.2) is 29.2 Å². The summed E-state index contributed by atoms with van der Waals surface area (Å²) >= 11 is 0. The molecule has 2 heterocycles. The first-order chi connectivity index (χ1) is 13.5. The maximum absolute atomic E-state index is 12.7. The largest absolute Gasteiger partial charge is 0.381 e. The highest BCUT2D eigenvalue weighted by Crippen LogP contribution is 2.19. The van der Waals surface area contributed by atoms with Gasteiger partial charge in [0.1, 0.15) is 0 Å². The highest BCUT2D eigenvalue weighted by molar-refractivity contribution is 7.89. The van der Waals surface area contributed by atoms with E-state index in [4.69, 9.17) is 9.47 Å². The van der Waals surface area contributed by atoms with E-state index < -0.39 is 10.0 Å². The smallest absolute Gasteiger partial charge is 0.243 e. The summed E-state index contributed by atoms with van der Waals surface area (Å²) < 4.78 is 37.4. The predicted molar refractivity (Wildman–Crippen MR) is 106 cm³/mol. The van der Waals surface area contributed by atoms with Crippen molar-refractivity contribution in [2.45, 2.75) is 31.1 Å². The minimum absolute atomic E-state index is 0.138. The van der Waals surface area contributed by atoms with Crippen LogP contribution in [-0.4, -0.2) is 76.1 Å². The van der Waals surface area contributed by atoms with E-state index in [1.54, 1.807) is 12.1 Å². The van der Waals surface area contributed by atoms with Crippen molar-refractivity contribution in [3.05, 3.63) is 29.8 Å². The predicted octanol–water partition coefficient (Wildman–Crippen LogP) is 1.53. The average molecular weight is 411 g/mol. The lowest BCUT2D eigenvalue weighted by atomic mass is 10.1. The van der Waals surface area contributed by atoms with Crippen molar-refractivity contribution in [1.29, 1.82) is 0 Å². The second kappa shape index (κ2) is 9.82. The van der Waals surface area contributed by atoms with E-state index in [0.717, 1.165) is 31.7 Å². The maximum atomic E-state index is 12.7. The van der Waals surface area contributed by atoms with E-state index in [0.29, 0.717) is 56.5 Å². The number of nitrogens with zero attached hydrogens (tertiary/aromatic N) is 2. The summed E-state index contributed by atoms with van der Waals surface area (Å²) in [6.07, 6.45) is 2.05. The Hall–Kier alpha value is -1.48. The van der Waals surface area contributed by atoms with Gasteiger partial charge in [0.2, 0.25) is 15.9 Å². The Morgan fingerprint density at radius 2 is 1.86 bits per heavy atom. The molecule has 2 aliphatic rings.